The number of aryl methyl sites for hydroxylation is 1. The standard InChI is InChI=1S/C9H7N.C8H10O.C3H2ClNS/c1-2-6-9-8(4-1)5-3-7-10-9;1-2-7-3-5-8(9)6-4-7;4-3-1-2-6-5-3/h1-7H;3-6,9H,2H2,1H3;1-2H. The molecule has 5 heteroatoms. The molecule has 2 aromatic heterocycles. The molecule has 0 fully saturated rings. The highest BCUT2D eigenvalue weighted by Crippen LogP contribution is 2.09. The topological polar surface area (TPSA) is 46.0 Å². The van der Waals surface area contributed by atoms with Crippen LogP contribution >= 0.6 is 23.1 Å². The highest BCUT2D eigenvalue weighted by molar-refractivity contribution is 7.03. The van der Waals surface area contributed by atoms with E-state index in [0.717, 1.165) is 11.9 Å². The molecule has 0 saturated heterocycles. The summed E-state index contributed by atoms with van der Waals surface area (Å²) in [6, 6.07) is 21.1. The number of halogens is 1. The molecular weight excluding hydrogens is 352 g/mol. The van der Waals surface area contributed by atoms with E-state index in [2.05, 4.69) is 28.4 Å². The maximum Gasteiger partial charge on any atom is 0.142 e. The molecule has 2 aromatic carbocycles. The number of phenols is 1. The predicted octanol–water partition coefficient (Wildman–Crippen LogP) is 5.99. The maximum atomic E-state index is 8.85. The van der Waals surface area contributed by atoms with Crippen LogP contribution in [0.15, 0.2) is 78.3 Å². The first-order valence-corrected chi connectivity index (χ1v) is 9.04. The second-order valence-corrected chi connectivity index (χ2v) is 6.09. The minimum Gasteiger partial charge on any atom is -0.508 e. The zero-order valence-corrected chi connectivity index (χ0v) is 15.4. The molecule has 128 valence electrons. The lowest BCUT2D eigenvalue weighted by molar-refractivity contribution is 0.475. The van der Waals surface area contributed by atoms with Gasteiger partial charge in [0.15, 0.2) is 0 Å². The van der Waals surface area contributed by atoms with Crippen LogP contribution in [0.3, 0.4) is 0 Å². The van der Waals surface area contributed by atoms with Gasteiger partial charge >= 0.3 is 0 Å². The predicted molar refractivity (Wildman–Crippen MR) is 106 cm³/mol. The van der Waals surface area contributed by atoms with Crippen molar-refractivity contribution in [1.29, 1.82) is 0 Å². The Kier molecular flexibility index (Phi) is 7.89. The van der Waals surface area contributed by atoms with Crippen molar-refractivity contribution in [3.05, 3.63) is 89.0 Å². The number of benzene rings is 2. The van der Waals surface area contributed by atoms with Crippen molar-refractivity contribution in [3.8, 4) is 5.75 Å². The second-order valence-electron chi connectivity index (χ2n) is 5.04. The maximum absolute atomic E-state index is 8.85. The molecule has 0 aliphatic rings. The lowest BCUT2D eigenvalue weighted by Crippen LogP contribution is -1.75. The van der Waals surface area contributed by atoms with Crippen LogP contribution in [0.25, 0.3) is 10.9 Å². The number of hydrogen-bond acceptors (Lipinski definition) is 4. The zero-order valence-electron chi connectivity index (χ0n) is 13.8. The first kappa shape index (κ1) is 18.9. The van der Waals surface area contributed by atoms with Gasteiger partial charge in [0.1, 0.15) is 10.9 Å². The van der Waals surface area contributed by atoms with Crippen molar-refractivity contribution in [2.75, 3.05) is 0 Å². The van der Waals surface area contributed by atoms with Gasteiger partial charge < -0.3 is 5.11 Å². The molecule has 0 amide bonds. The van der Waals surface area contributed by atoms with E-state index in [1.807, 2.05) is 48.0 Å². The Labute approximate surface area is 156 Å². The van der Waals surface area contributed by atoms with Gasteiger partial charge in [0.05, 0.1) is 5.52 Å². The average molecular weight is 371 g/mol. The number of aromatic hydroxyl groups is 1. The Hall–Kier alpha value is -2.43. The monoisotopic (exact) mass is 370 g/mol. The van der Waals surface area contributed by atoms with Crippen LogP contribution < -0.4 is 0 Å². The number of phenolic OH excluding ortho intramolecular Hbond substituents is 1. The largest absolute Gasteiger partial charge is 0.508 e. The first-order chi connectivity index (χ1) is 12.2. The van der Waals surface area contributed by atoms with Gasteiger partial charge in [-0.3, -0.25) is 4.98 Å². The lowest BCUT2D eigenvalue weighted by atomic mass is 10.2. The van der Waals surface area contributed by atoms with Crippen molar-refractivity contribution >= 4 is 34.0 Å². The summed E-state index contributed by atoms with van der Waals surface area (Å²) in [5, 5.41) is 12.5. The first-order valence-electron chi connectivity index (χ1n) is 7.82. The van der Waals surface area contributed by atoms with Crippen LogP contribution in [0.2, 0.25) is 5.15 Å². The number of nitrogens with zero attached hydrogens (tertiary/aromatic N) is 2. The van der Waals surface area contributed by atoms with Gasteiger partial charge in [-0.1, -0.05) is 54.9 Å². The SMILES string of the molecule is CCc1ccc(O)cc1.Clc1ccsn1.c1ccc2ncccc2c1. The van der Waals surface area contributed by atoms with Crippen LogP contribution in [0, 0.1) is 0 Å². The fraction of sp³-hybridized carbons (Fsp3) is 0.100. The highest BCUT2D eigenvalue weighted by atomic mass is 35.5. The van der Waals surface area contributed by atoms with E-state index >= 15 is 0 Å². The van der Waals surface area contributed by atoms with Gasteiger partial charge in [-0.05, 0) is 53.8 Å². The van der Waals surface area contributed by atoms with E-state index < -0.39 is 0 Å². The van der Waals surface area contributed by atoms with E-state index in [1.54, 1.807) is 18.2 Å². The summed E-state index contributed by atoms with van der Waals surface area (Å²) in [5.74, 6) is 0.340. The fourth-order valence-electron chi connectivity index (χ4n) is 1.95. The number of rotatable bonds is 1. The molecule has 0 aliphatic heterocycles. The Morgan fingerprint density at radius 3 is 2.24 bits per heavy atom. The van der Waals surface area contributed by atoms with Crippen LogP contribution in [0.5, 0.6) is 5.75 Å². The Morgan fingerprint density at radius 1 is 0.960 bits per heavy atom. The van der Waals surface area contributed by atoms with Gasteiger partial charge in [-0.2, -0.15) is 4.37 Å². The van der Waals surface area contributed by atoms with E-state index in [0.29, 0.717) is 10.9 Å². The summed E-state index contributed by atoms with van der Waals surface area (Å²) in [7, 11) is 0. The average Bonchev–Trinajstić information content (AvgIpc) is 3.14. The smallest absolute Gasteiger partial charge is 0.142 e. The summed E-state index contributed by atoms with van der Waals surface area (Å²) in [6.07, 6.45) is 2.84. The lowest BCUT2D eigenvalue weighted by Gasteiger charge is -1.93. The van der Waals surface area contributed by atoms with Crippen molar-refractivity contribution in [1.82, 2.24) is 9.36 Å². The minimum atomic E-state index is 0.340. The summed E-state index contributed by atoms with van der Waals surface area (Å²) in [4.78, 5) is 4.18. The van der Waals surface area contributed by atoms with Crippen molar-refractivity contribution in [2.45, 2.75) is 13.3 Å². The van der Waals surface area contributed by atoms with Crippen LogP contribution in [0.1, 0.15) is 12.5 Å². The molecular formula is C20H19ClN2OS. The molecule has 25 heavy (non-hydrogen) atoms. The Balaban J connectivity index is 0.000000140. The normalized spacial score (nSPS) is 9.52. The summed E-state index contributed by atoms with van der Waals surface area (Å²) in [6.45, 7) is 2.09. The number of para-hydroxylation sites is 1. The van der Waals surface area contributed by atoms with E-state index in [4.69, 9.17) is 16.7 Å². The Bertz CT molecular complexity index is 799. The van der Waals surface area contributed by atoms with Crippen molar-refractivity contribution in [3.63, 3.8) is 0 Å². The van der Waals surface area contributed by atoms with E-state index in [9.17, 15) is 0 Å². The van der Waals surface area contributed by atoms with Gasteiger partial charge in [0.2, 0.25) is 0 Å². The van der Waals surface area contributed by atoms with Gasteiger partial charge in [0, 0.05) is 17.0 Å². The second kappa shape index (κ2) is 10.4. The molecule has 0 unspecified atom stereocenters. The summed E-state index contributed by atoms with van der Waals surface area (Å²) < 4.78 is 3.72. The van der Waals surface area contributed by atoms with Crippen LogP contribution in [-0.2, 0) is 6.42 Å². The fourth-order valence-corrected chi connectivity index (χ4v) is 2.61. The number of hydrogen-bond donors (Lipinski definition) is 1. The van der Waals surface area contributed by atoms with E-state index in [-0.39, 0.29) is 0 Å². The molecule has 0 aliphatic carbocycles. The molecule has 4 aromatic rings. The van der Waals surface area contributed by atoms with Crippen LogP contribution in [0.4, 0.5) is 0 Å². The minimum absolute atomic E-state index is 0.340. The third-order valence-electron chi connectivity index (χ3n) is 3.26. The molecule has 2 heterocycles. The van der Waals surface area contributed by atoms with Gasteiger partial charge in [-0.25, -0.2) is 0 Å². The third-order valence-corrected chi connectivity index (χ3v) is 4.13. The van der Waals surface area contributed by atoms with Crippen LogP contribution in [-0.4, -0.2) is 14.5 Å². The highest BCUT2D eigenvalue weighted by Gasteiger charge is 1.87. The molecule has 4 rings (SSSR count). The third kappa shape index (κ3) is 6.91. The molecule has 0 bridgehead atoms. The molecule has 0 saturated carbocycles. The van der Waals surface area contributed by atoms with E-state index in [1.165, 1.54) is 22.5 Å². The van der Waals surface area contributed by atoms with Gasteiger partial charge in [-0.15, -0.1) is 0 Å². The molecule has 3 nitrogen and oxygen atoms in total. The zero-order chi connectivity index (χ0) is 17.9. The van der Waals surface area contributed by atoms with Crippen molar-refractivity contribution in [2.24, 2.45) is 0 Å². The quantitative estimate of drug-likeness (QED) is 0.448. The van der Waals surface area contributed by atoms with Crippen molar-refractivity contribution < 1.29 is 5.11 Å². The number of fused-ring (bicyclic) bond motifs is 1. The molecule has 0 radical (unpaired) electrons. The summed E-state index contributed by atoms with van der Waals surface area (Å²) >= 11 is 6.71. The number of aromatic nitrogens is 2. The molecule has 0 atom stereocenters. The number of pyridine rings is 1. The molecule has 1 N–H and O–H groups in total. The summed E-state index contributed by atoms with van der Waals surface area (Å²) in [5.41, 5.74) is 2.32. The Morgan fingerprint density at radius 2 is 1.68 bits per heavy atom. The van der Waals surface area contributed by atoms with Gasteiger partial charge in [0.25, 0.3) is 0 Å². The molecule has 0 spiro atoms.